The van der Waals surface area contributed by atoms with Gasteiger partial charge in [0.25, 0.3) is 11.6 Å². The minimum absolute atomic E-state index is 0.00723. The standard InChI is InChI=1S/C11H13ClN4O4/c1-14-9(17)2-3-15-11(18)6-4-7(12)10(13)8(5-6)16(19)20/h4-5H,2-3,13H2,1H3,(H,14,17)(H,15,18). The molecule has 0 bridgehead atoms. The van der Waals surface area contributed by atoms with Crippen LogP contribution in [0.2, 0.25) is 5.02 Å². The molecule has 9 heteroatoms. The number of nitrogen functional groups attached to an aromatic ring is 1. The van der Waals surface area contributed by atoms with Gasteiger partial charge in [0.15, 0.2) is 0 Å². The fourth-order valence-corrected chi connectivity index (χ4v) is 1.62. The van der Waals surface area contributed by atoms with Crippen molar-refractivity contribution in [1.82, 2.24) is 10.6 Å². The van der Waals surface area contributed by atoms with E-state index in [-0.39, 0.29) is 35.1 Å². The van der Waals surface area contributed by atoms with Gasteiger partial charge in [-0.2, -0.15) is 0 Å². The van der Waals surface area contributed by atoms with Crippen LogP contribution in [0.5, 0.6) is 0 Å². The molecule has 4 N–H and O–H groups in total. The van der Waals surface area contributed by atoms with Gasteiger partial charge in [-0.3, -0.25) is 19.7 Å². The minimum atomic E-state index is -0.720. The first kappa shape index (κ1) is 15.7. The Morgan fingerprint density at radius 1 is 1.45 bits per heavy atom. The van der Waals surface area contributed by atoms with E-state index in [9.17, 15) is 19.7 Å². The first-order chi connectivity index (χ1) is 9.36. The first-order valence-corrected chi connectivity index (χ1v) is 5.96. The van der Waals surface area contributed by atoms with Crippen molar-refractivity contribution in [2.75, 3.05) is 19.3 Å². The number of nitro groups is 1. The molecule has 108 valence electrons. The number of nitrogens with one attached hydrogen (secondary N) is 2. The SMILES string of the molecule is CNC(=O)CCNC(=O)c1cc(Cl)c(N)c([N+](=O)[O-])c1. The zero-order chi connectivity index (χ0) is 15.3. The lowest BCUT2D eigenvalue weighted by atomic mass is 10.1. The molecule has 0 heterocycles. The van der Waals surface area contributed by atoms with Gasteiger partial charge in [-0.1, -0.05) is 11.6 Å². The fraction of sp³-hybridized carbons (Fsp3) is 0.273. The zero-order valence-electron chi connectivity index (χ0n) is 10.6. The van der Waals surface area contributed by atoms with Gasteiger partial charge in [-0.25, -0.2) is 0 Å². The molecule has 0 radical (unpaired) electrons. The van der Waals surface area contributed by atoms with E-state index in [1.807, 2.05) is 0 Å². The van der Waals surface area contributed by atoms with Crippen LogP contribution in [0.4, 0.5) is 11.4 Å². The Balaban J connectivity index is 2.83. The summed E-state index contributed by atoms with van der Waals surface area (Å²) in [6.45, 7) is 0.105. The van der Waals surface area contributed by atoms with Gasteiger partial charge >= 0.3 is 0 Å². The van der Waals surface area contributed by atoms with Crippen LogP contribution in [0.3, 0.4) is 0 Å². The second-order valence-corrected chi connectivity index (χ2v) is 4.23. The predicted molar refractivity (Wildman–Crippen MR) is 73.5 cm³/mol. The fourth-order valence-electron chi connectivity index (χ4n) is 1.40. The van der Waals surface area contributed by atoms with E-state index >= 15 is 0 Å². The maximum atomic E-state index is 11.8. The van der Waals surface area contributed by atoms with Gasteiger partial charge < -0.3 is 16.4 Å². The summed E-state index contributed by atoms with van der Waals surface area (Å²) >= 11 is 5.74. The molecule has 8 nitrogen and oxygen atoms in total. The number of carbonyl (C=O) groups is 2. The van der Waals surface area contributed by atoms with Crippen molar-refractivity contribution in [3.05, 3.63) is 32.8 Å². The van der Waals surface area contributed by atoms with Crippen molar-refractivity contribution in [1.29, 1.82) is 0 Å². The zero-order valence-corrected chi connectivity index (χ0v) is 11.4. The van der Waals surface area contributed by atoms with Crippen molar-refractivity contribution in [2.24, 2.45) is 0 Å². The number of nitrogens with two attached hydrogens (primary N) is 1. The summed E-state index contributed by atoms with van der Waals surface area (Å²) < 4.78 is 0. The van der Waals surface area contributed by atoms with Crippen LogP contribution >= 0.6 is 11.6 Å². The smallest absolute Gasteiger partial charge is 0.294 e. The van der Waals surface area contributed by atoms with E-state index in [4.69, 9.17) is 17.3 Å². The highest BCUT2D eigenvalue weighted by Gasteiger charge is 2.19. The molecule has 1 aromatic carbocycles. The van der Waals surface area contributed by atoms with Gasteiger partial charge in [0.2, 0.25) is 5.91 Å². The molecular weight excluding hydrogens is 288 g/mol. The van der Waals surface area contributed by atoms with E-state index in [1.165, 1.54) is 13.1 Å². The Morgan fingerprint density at radius 3 is 2.65 bits per heavy atom. The largest absolute Gasteiger partial charge is 0.392 e. The van der Waals surface area contributed by atoms with E-state index in [0.717, 1.165) is 6.07 Å². The molecule has 0 aliphatic rings. The van der Waals surface area contributed by atoms with Gasteiger partial charge in [-0.15, -0.1) is 0 Å². The average Bonchev–Trinajstić information content (AvgIpc) is 2.40. The summed E-state index contributed by atoms with van der Waals surface area (Å²) in [5.41, 5.74) is 4.83. The summed E-state index contributed by atoms with van der Waals surface area (Å²) in [5.74, 6) is -0.800. The molecule has 2 amide bonds. The Hall–Kier alpha value is -2.35. The lowest BCUT2D eigenvalue weighted by Gasteiger charge is -2.07. The number of amides is 2. The molecule has 20 heavy (non-hydrogen) atoms. The Labute approximate surface area is 119 Å². The third-order valence-corrected chi connectivity index (χ3v) is 2.80. The number of benzene rings is 1. The monoisotopic (exact) mass is 300 g/mol. The number of nitrogens with zero attached hydrogens (tertiary/aromatic N) is 1. The quantitative estimate of drug-likeness (QED) is 0.419. The Kier molecular flexibility index (Phi) is 5.27. The second-order valence-electron chi connectivity index (χ2n) is 3.83. The molecule has 0 saturated heterocycles. The number of nitro benzene ring substituents is 1. The Morgan fingerprint density at radius 2 is 2.10 bits per heavy atom. The third-order valence-electron chi connectivity index (χ3n) is 2.48. The highest BCUT2D eigenvalue weighted by molar-refractivity contribution is 6.34. The molecule has 0 aliphatic carbocycles. The number of hydrogen-bond acceptors (Lipinski definition) is 5. The Bertz CT molecular complexity index is 562. The minimum Gasteiger partial charge on any atom is -0.392 e. The number of rotatable bonds is 5. The van der Waals surface area contributed by atoms with Crippen LogP contribution in [0.25, 0.3) is 0 Å². The number of hydrogen-bond donors (Lipinski definition) is 3. The van der Waals surface area contributed by atoms with Gasteiger partial charge in [0, 0.05) is 31.6 Å². The topological polar surface area (TPSA) is 127 Å². The molecular formula is C11H13ClN4O4. The maximum absolute atomic E-state index is 11.8. The summed E-state index contributed by atoms with van der Waals surface area (Å²) in [4.78, 5) is 32.8. The molecule has 0 aromatic heterocycles. The van der Waals surface area contributed by atoms with Crippen molar-refractivity contribution in [2.45, 2.75) is 6.42 Å². The lowest BCUT2D eigenvalue weighted by molar-refractivity contribution is -0.383. The van der Waals surface area contributed by atoms with Crippen LogP contribution in [0.1, 0.15) is 16.8 Å². The highest BCUT2D eigenvalue weighted by atomic mass is 35.5. The van der Waals surface area contributed by atoms with Crippen LogP contribution in [0.15, 0.2) is 12.1 Å². The van der Waals surface area contributed by atoms with E-state index in [1.54, 1.807) is 0 Å². The lowest BCUT2D eigenvalue weighted by Crippen LogP contribution is -2.29. The second kappa shape index (κ2) is 6.71. The van der Waals surface area contributed by atoms with Crippen LogP contribution < -0.4 is 16.4 Å². The normalized spacial score (nSPS) is 9.90. The van der Waals surface area contributed by atoms with E-state index < -0.39 is 16.5 Å². The van der Waals surface area contributed by atoms with Gasteiger partial charge in [0.1, 0.15) is 5.69 Å². The van der Waals surface area contributed by atoms with Crippen molar-refractivity contribution >= 4 is 34.8 Å². The number of anilines is 1. The molecule has 0 unspecified atom stereocenters. The molecule has 0 atom stereocenters. The summed E-state index contributed by atoms with van der Waals surface area (Å²) in [5, 5.41) is 15.6. The molecule has 1 rings (SSSR count). The first-order valence-electron chi connectivity index (χ1n) is 5.59. The summed E-state index contributed by atoms with van der Waals surface area (Å²) in [6, 6.07) is 2.27. The van der Waals surface area contributed by atoms with Crippen LogP contribution in [-0.4, -0.2) is 30.3 Å². The third kappa shape index (κ3) is 3.82. The molecule has 0 fully saturated rings. The van der Waals surface area contributed by atoms with E-state index in [0.29, 0.717) is 0 Å². The van der Waals surface area contributed by atoms with Crippen molar-refractivity contribution < 1.29 is 14.5 Å². The maximum Gasteiger partial charge on any atom is 0.294 e. The molecule has 1 aromatic rings. The predicted octanol–water partition coefficient (Wildman–Crippen LogP) is 0.696. The highest BCUT2D eigenvalue weighted by Crippen LogP contribution is 2.30. The summed E-state index contributed by atoms with van der Waals surface area (Å²) in [6.07, 6.45) is 0.104. The van der Waals surface area contributed by atoms with Gasteiger partial charge in [-0.05, 0) is 6.07 Å². The van der Waals surface area contributed by atoms with Crippen LogP contribution in [0, 0.1) is 10.1 Å². The average molecular weight is 301 g/mol. The van der Waals surface area contributed by atoms with Crippen molar-refractivity contribution in [3.63, 3.8) is 0 Å². The van der Waals surface area contributed by atoms with E-state index in [2.05, 4.69) is 10.6 Å². The molecule has 0 aliphatic heterocycles. The van der Waals surface area contributed by atoms with Crippen molar-refractivity contribution in [3.8, 4) is 0 Å². The number of carbonyl (C=O) groups excluding carboxylic acids is 2. The van der Waals surface area contributed by atoms with Crippen LogP contribution in [-0.2, 0) is 4.79 Å². The summed E-state index contributed by atoms with van der Waals surface area (Å²) in [7, 11) is 1.48. The molecule has 0 spiro atoms. The number of halogens is 1. The molecule has 0 saturated carbocycles. The van der Waals surface area contributed by atoms with Gasteiger partial charge in [0.05, 0.1) is 9.95 Å².